The molecule has 1 saturated heterocycles. The highest BCUT2D eigenvalue weighted by Crippen LogP contribution is 2.25. The van der Waals surface area contributed by atoms with Crippen molar-refractivity contribution in [3.8, 4) is 0 Å². The quantitative estimate of drug-likeness (QED) is 0.776. The second-order valence-corrected chi connectivity index (χ2v) is 7.27. The van der Waals surface area contributed by atoms with Gasteiger partial charge in [0, 0.05) is 32.6 Å². The predicted molar refractivity (Wildman–Crippen MR) is 101 cm³/mol. The number of nitrogens with one attached hydrogen (secondary N) is 2. The van der Waals surface area contributed by atoms with Gasteiger partial charge in [0.25, 0.3) is 0 Å². The average molecular weight is 360 g/mol. The number of rotatable bonds is 6. The first-order valence-corrected chi connectivity index (χ1v) is 9.64. The third-order valence-corrected chi connectivity index (χ3v) is 5.44. The van der Waals surface area contributed by atoms with E-state index in [-0.39, 0.29) is 17.7 Å². The smallest absolute Gasteiger partial charge is 0.224 e. The molecule has 1 aromatic carbocycles. The van der Waals surface area contributed by atoms with Crippen molar-refractivity contribution in [1.29, 1.82) is 0 Å². The van der Waals surface area contributed by atoms with Gasteiger partial charge in [-0.3, -0.25) is 9.59 Å². The zero-order valence-corrected chi connectivity index (χ0v) is 15.3. The summed E-state index contributed by atoms with van der Waals surface area (Å²) in [6.45, 7) is 4.36. The van der Waals surface area contributed by atoms with E-state index in [4.69, 9.17) is 0 Å². The zero-order valence-electron chi connectivity index (χ0n) is 14.5. The number of thiazole rings is 1. The largest absolute Gasteiger partial charge is 0.360 e. The maximum atomic E-state index is 12.3. The number of benzene rings is 1. The molecule has 1 fully saturated rings. The van der Waals surface area contributed by atoms with Crippen LogP contribution in [0.1, 0.15) is 26.2 Å². The molecule has 0 radical (unpaired) electrons. The van der Waals surface area contributed by atoms with Gasteiger partial charge in [0.05, 0.1) is 16.1 Å². The van der Waals surface area contributed by atoms with E-state index < -0.39 is 0 Å². The molecule has 1 aliphatic heterocycles. The molecule has 1 atom stereocenters. The number of fused-ring (bicyclic) bond motifs is 1. The molecule has 2 heterocycles. The molecule has 1 aliphatic rings. The summed E-state index contributed by atoms with van der Waals surface area (Å²) in [6, 6.07) is 8.02. The van der Waals surface area contributed by atoms with Gasteiger partial charge < -0.3 is 15.5 Å². The standard InChI is InChI=1S/C18H24N4O2S/c1-2-16(23)22-11-5-6-13(12-22)17(24)19-9-10-20-18-21-14-7-3-4-8-15(14)25-18/h3-4,7-8,13H,2,5-6,9-12H2,1H3,(H,19,24)(H,20,21). The lowest BCUT2D eigenvalue weighted by Crippen LogP contribution is -2.45. The summed E-state index contributed by atoms with van der Waals surface area (Å²) in [7, 11) is 0. The molecular formula is C18H24N4O2S. The van der Waals surface area contributed by atoms with Crippen LogP contribution < -0.4 is 10.6 Å². The molecule has 2 N–H and O–H groups in total. The Morgan fingerprint density at radius 1 is 1.32 bits per heavy atom. The Labute approximate surface area is 151 Å². The summed E-state index contributed by atoms with van der Waals surface area (Å²) in [5, 5.41) is 7.10. The molecular weight excluding hydrogens is 336 g/mol. The zero-order chi connectivity index (χ0) is 17.6. The van der Waals surface area contributed by atoms with E-state index in [1.54, 1.807) is 11.3 Å². The van der Waals surface area contributed by atoms with Gasteiger partial charge in [-0.15, -0.1) is 0 Å². The SMILES string of the molecule is CCC(=O)N1CCCC(C(=O)NCCNc2nc3ccccc3s2)C1. The van der Waals surface area contributed by atoms with Gasteiger partial charge in [-0.2, -0.15) is 0 Å². The highest BCUT2D eigenvalue weighted by atomic mass is 32.1. The molecule has 1 unspecified atom stereocenters. The Kier molecular flexibility index (Phi) is 5.86. The van der Waals surface area contributed by atoms with E-state index in [9.17, 15) is 9.59 Å². The number of amides is 2. The fourth-order valence-corrected chi connectivity index (χ4v) is 3.98. The van der Waals surface area contributed by atoms with E-state index in [1.807, 2.05) is 36.1 Å². The minimum Gasteiger partial charge on any atom is -0.360 e. The lowest BCUT2D eigenvalue weighted by atomic mass is 9.97. The van der Waals surface area contributed by atoms with Crippen molar-refractivity contribution in [3.05, 3.63) is 24.3 Å². The number of hydrogen-bond acceptors (Lipinski definition) is 5. The first kappa shape index (κ1) is 17.7. The van der Waals surface area contributed by atoms with Gasteiger partial charge >= 0.3 is 0 Å². The normalized spacial score (nSPS) is 17.5. The van der Waals surface area contributed by atoms with Crippen LogP contribution >= 0.6 is 11.3 Å². The molecule has 3 rings (SSSR count). The Morgan fingerprint density at radius 3 is 2.96 bits per heavy atom. The van der Waals surface area contributed by atoms with Gasteiger partial charge in [-0.1, -0.05) is 30.4 Å². The monoisotopic (exact) mass is 360 g/mol. The minimum atomic E-state index is -0.0910. The average Bonchev–Trinajstić information content (AvgIpc) is 3.07. The van der Waals surface area contributed by atoms with Crippen LogP contribution in [0.5, 0.6) is 0 Å². The molecule has 2 amide bonds. The van der Waals surface area contributed by atoms with Crippen LogP contribution in [-0.2, 0) is 9.59 Å². The number of hydrogen-bond donors (Lipinski definition) is 2. The Balaban J connectivity index is 1.42. The molecule has 0 spiro atoms. The van der Waals surface area contributed by atoms with Crippen LogP contribution in [0.25, 0.3) is 10.2 Å². The van der Waals surface area contributed by atoms with Crippen molar-refractivity contribution in [2.75, 3.05) is 31.5 Å². The van der Waals surface area contributed by atoms with Gasteiger partial charge in [0.1, 0.15) is 0 Å². The summed E-state index contributed by atoms with van der Waals surface area (Å²) >= 11 is 1.61. The molecule has 134 valence electrons. The predicted octanol–water partition coefficient (Wildman–Crippen LogP) is 2.47. The van der Waals surface area contributed by atoms with Gasteiger partial charge in [-0.05, 0) is 25.0 Å². The maximum absolute atomic E-state index is 12.3. The molecule has 25 heavy (non-hydrogen) atoms. The van der Waals surface area contributed by atoms with Crippen molar-refractivity contribution < 1.29 is 9.59 Å². The third kappa shape index (κ3) is 4.48. The number of likely N-dealkylation sites (tertiary alicyclic amines) is 1. The molecule has 6 nitrogen and oxygen atoms in total. The van der Waals surface area contributed by atoms with Gasteiger partial charge in [0.2, 0.25) is 11.8 Å². The van der Waals surface area contributed by atoms with E-state index in [0.29, 0.717) is 26.1 Å². The number of nitrogens with zero attached hydrogens (tertiary/aromatic N) is 2. The number of para-hydroxylation sites is 1. The van der Waals surface area contributed by atoms with Crippen LogP contribution in [0.4, 0.5) is 5.13 Å². The summed E-state index contributed by atoms with van der Waals surface area (Å²) < 4.78 is 1.15. The Bertz CT molecular complexity index is 713. The number of aromatic nitrogens is 1. The minimum absolute atomic E-state index is 0.0414. The van der Waals surface area contributed by atoms with Crippen LogP contribution in [0.2, 0.25) is 0 Å². The maximum Gasteiger partial charge on any atom is 0.224 e. The lowest BCUT2D eigenvalue weighted by Gasteiger charge is -2.31. The highest BCUT2D eigenvalue weighted by molar-refractivity contribution is 7.22. The molecule has 0 saturated carbocycles. The second kappa shape index (κ2) is 8.29. The van der Waals surface area contributed by atoms with Crippen LogP contribution in [-0.4, -0.2) is 47.9 Å². The Morgan fingerprint density at radius 2 is 2.16 bits per heavy atom. The molecule has 1 aromatic heterocycles. The number of carbonyl (C=O) groups excluding carboxylic acids is 2. The second-order valence-electron chi connectivity index (χ2n) is 6.24. The van der Waals surface area contributed by atoms with Crippen molar-refractivity contribution >= 4 is 38.5 Å². The van der Waals surface area contributed by atoms with E-state index in [2.05, 4.69) is 15.6 Å². The summed E-state index contributed by atoms with van der Waals surface area (Å²) in [4.78, 5) is 30.4. The van der Waals surface area contributed by atoms with Crippen LogP contribution in [0.15, 0.2) is 24.3 Å². The van der Waals surface area contributed by atoms with Crippen molar-refractivity contribution in [2.45, 2.75) is 26.2 Å². The van der Waals surface area contributed by atoms with Crippen LogP contribution in [0, 0.1) is 5.92 Å². The van der Waals surface area contributed by atoms with Gasteiger partial charge in [-0.25, -0.2) is 4.98 Å². The summed E-state index contributed by atoms with van der Waals surface area (Å²) in [6.07, 6.45) is 2.25. The van der Waals surface area contributed by atoms with Crippen molar-refractivity contribution in [1.82, 2.24) is 15.2 Å². The fourth-order valence-electron chi connectivity index (χ4n) is 3.09. The van der Waals surface area contributed by atoms with Crippen molar-refractivity contribution in [3.63, 3.8) is 0 Å². The summed E-state index contributed by atoms with van der Waals surface area (Å²) in [5.74, 6) is 0.0846. The summed E-state index contributed by atoms with van der Waals surface area (Å²) in [5.41, 5.74) is 0.988. The highest BCUT2D eigenvalue weighted by Gasteiger charge is 2.27. The Hall–Kier alpha value is -2.15. The first-order valence-electron chi connectivity index (χ1n) is 8.82. The molecule has 2 aromatic rings. The number of carbonyl (C=O) groups is 2. The topological polar surface area (TPSA) is 74.3 Å². The molecule has 7 heteroatoms. The molecule has 0 aliphatic carbocycles. The number of piperidine rings is 1. The van der Waals surface area contributed by atoms with E-state index in [0.717, 1.165) is 34.7 Å². The molecule has 0 bridgehead atoms. The third-order valence-electron chi connectivity index (χ3n) is 4.44. The van der Waals surface area contributed by atoms with E-state index >= 15 is 0 Å². The fraction of sp³-hybridized carbons (Fsp3) is 0.500. The number of anilines is 1. The first-order chi connectivity index (χ1) is 12.2. The van der Waals surface area contributed by atoms with Gasteiger partial charge in [0.15, 0.2) is 5.13 Å². The van der Waals surface area contributed by atoms with E-state index in [1.165, 1.54) is 0 Å². The van der Waals surface area contributed by atoms with Crippen molar-refractivity contribution in [2.24, 2.45) is 5.92 Å². The van der Waals surface area contributed by atoms with Crippen LogP contribution in [0.3, 0.4) is 0 Å². The lowest BCUT2D eigenvalue weighted by molar-refractivity contribution is -0.135.